The number of amides is 1. The maximum absolute atomic E-state index is 13.4. The molecule has 4 heterocycles. The van der Waals surface area contributed by atoms with Crippen LogP contribution in [0.25, 0.3) is 33.9 Å². The molecule has 1 amide bonds. The van der Waals surface area contributed by atoms with Crippen molar-refractivity contribution in [1.82, 2.24) is 24.6 Å². The van der Waals surface area contributed by atoms with Gasteiger partial charge in [-0.1, -0.05) is 59.3 Å². The number of benzene rings is 2. The minimum atomic E-state index is -0.266. The number of fused-ring (bicyclic) bond motifs is 2. The number of aryl methyl sites for hydroxylation is 2. The van der Waals surface area contributed by atoms with Gasteiger partial charge in [-0.2, -0.15) is 4.98 Å². The topological polar surface area (TPSA) is 94.1 Å². The summed E-state index contributed by atoms with van der Waals surface area (Å²) in [5.41, 5.74) is 5.54. The zero-order valence-electron chi connectivity index (χ0n) is 20.6. The number of aromatic nitrogens is 4. The molecule has 0 unspecified atom stereocenters. The van der Waals surface area contributed by atoms with E-state index in [1.165, 1.54) is 5.56 Å². The molecule has 8 nitrogen and oxygen atoms in total. The normalized spacial score (nSPS) is 13.1. The molecule has 1 aliphatic rings. The van der Waals surface area contributed by atoms with Gasteiger partial charge in [0.1, 0.15) is 17.8 Å². The first-order valence-electron chi connectivity index (χ1n) is 12.2. The van der Waals surface area contributed by atoms with Crippen molar-refractivity contribution in [2.75, 3.05) is 6.54 Å². The predicted molar refractivity (Wildman–Crippen MR) is 140 cm³/mol. The minimum absolute atomic E-state index is 0.0421. The highest BCUT2D eigenvalue weighted by Crippen LogP contribution is 2.24. The molecule has 0 saturated heterocycles. The quantitative estimate of drug-likeness (QED) is 0.372. The van der Waals surface area contributed by atoms with Crippen LogP contribution in [-0.4, -0.2) is 37.0 Å². The molecule has 0 aliphatic carbocycles. The van der Waals surface area contributed by atoms with E-state index in [4.69, 9.17) is 4.52 Å². The largest absolute Gasteiger partial charge is 0.336 e. The molecule has 0 fully saturated rings. The highest BCUT2D eigenvalue weighted by Gasteiger charge is 2.23. The Morgan fingerprint density at radius 2 is 1.76 bits per heavy atom. The van der Waals surface area contributed by atoms with Gasteiger partial charge in [-0.05, 0) is 43.5 Å². The van der Waals surface area contributed by atoms with Crippen LogP contribution < -0.4 is 5.43 Å². The van der Waals surface area contributed by atoms with Crippen molar-refractivity contribution in [2.45, 2.75) is 33.4 Å². The Bertz CT molecular complexity index is 1700. The van der Waals surface area contributed by atoms with Gasteiger partial charge in [-0.25, -0.2) is 4.98 Å². The molecular formula is C29H25N5O3. The maximum atomic E-state index is 13.4. The summed E-state index contributed by atoms with van der Waals surface area (Å²) < 4.78 is 7.23. The van der Waals surface area contributed by atoms with Crippen molar-refractivity contribution >= 4 is 16.9 Å². The van der Waals surface area contributed by atoms with Crippen LogP contribution in [-0.2, 0) is 24.3 Å². The summed E-state index contributed by atoms with van der Waals surface area (Å²) >= 11 is 0. The summed E-state index contributed by atoms with van der Waals surface area (Å²) in [5.74, 6) is 0.460. The fraction of sp³-hybridized carbons (Fsp3) is 0.207. The third kappa shape index (κ3) is 4.31. The van der Waals surface area contributed by atoms with E-state index in [0.717, 1.165) is 28.8 Å². The zero-order chi connectivity index (χ0) is 25.5. The number of nitrogens with zero attached hydrogens (tertiary/aromatic N) is 5. The van der Waals surface area contributed by atoms with Gasteiger partial charge in [0, 0.05) is 30.5 Å². The molecular weight excluding hydrogens is 466 g/mol. The van der Waals surface area contributed by atoms with Crippen LogP contribution in [0.4, 0.5) is 0 Å². The van der Waals surface area contributed by atoms with Crippen LogP contribution in [0.15, 0.2) is 76.2 Å². The smallest absolute Gasteiger partial charge is 0.263 e. The Morgan fingerprint density at radius 1 is 0.973 bits per heavy atom. The molecule has 0 N–H and O–H groups in total. The lowest BCUT2D eigenvalue weighted by Gasteiger charge is -2.29. The van der Waals surface area contributed by atoms with E-state index < -0.39 is 0 Å². The summed E-state index contributed by atoms with van der Waals surface area (Å²) in [5, 5.41) is 4.49. The molecule has 2 aromatic carbocycles. The maximum Gasteiger partial charge on any atom is 0.263 e. The number of hydrogen-bond donors (Lipinski definition) is 0. The molecule has 3 aromatic heterocycles. The molecule has 0 bridgehead atoms. The molecule has 0 atom stereocenters. The van der Waals surface area contributed by atoms with Crippen molar-refractivity contribution in [3.8, 4) is 22.8 Å². The molecule has 1 aliphatic heterocycles. The lowest BCUT2D eigenvalue weighted by atomic mass is 10.00. The first-order valence-corrected chi connectivity index (χ1v) is 12.2. The number of carbonyl (C=O) groups is 1. The first-order chi connectivity index (χ1) is 18.0. The Balaban J connectivity index is 1.38. The van der Waals surface area contributed by atoms with Gasteiger partial charge in [0.2, 0.25) is 17.2 Å². The standard InChI is InChI=1S/C29H25N5O3/c1-18-7-10-21(11-8-18)27-31-29(37-32-27)24-16-34(28-23(26(24)36)12-9-19(2)30-28)17-25(35)33-14-13-20-5-3-4-6-22(20)15-33/h3-12,16H,13-15,17H2,1-2H3. The van der Waals surface area contributed by atoms with Crippen LogP contribution in [0, 0.1) is 13.8 Å². The average Bonchev–Trinajstić information content (AvgIpc) is 3.40. The monoisotopic (exact) mass is 491 g/mol. The molecule has 37 heavy (non-hydrogen) atoms. The summed E-state index contributed by atoms with van der Waals surface area (Å²) in [4.78, 5) is 37.8. The lowest BCUT2D eigenvalue weighted by Crippen LogP contribution is -2.38. The van der Waals surface area contributed by atoms with E-state index in [1.54, 1.807) is 22.9 Å². The minimum Gasteiger partial charge on any atom is -0.336 e. The number of hydrogen-bond acceptors (Lipinski definition) is 6. The van der Waals surface area contributed by atoms with E-state index in [9.17, 15) is 9.59 Å². The van der Waals surface area contributed by atoms with E-state index in [2.05, 4.69) is 27.3 Å². The Kier molecular flexibility index (Phi) is 5.64. The third-order valence-corrected chi connectivity index (χ3v) is 6.82. The number of pyridine rings is 2. The van der Waals surface area contributed by atoms with E-state index in [-0.39, 0.29) is 29.3 Å². The average molecular weight is 492 g/mol. The van der Waals surface area contributed by atoms with E-state index in [1.807, 2.05) is 55.1 Å². The van der Waals surface area contributed by atoms with Crippen molar-refractivity contribution in [1.29, 1.82) is 0 Å². The molecule has 184 valence electrons. The van der Waals surface area contributed by atoms with E-state index in [0.29, 0.717) is 29.9 Å². The molecule has 0 radical (unpaired) electrons. The van der Waals surface area contributed by atoms with Gasteiger partial charge in [0.15, 0.2) is 0 Å². The second-order valence-corrected chi connectivity index (χ2v) is 9.45. The fourth-order valence-corrected chi connectivity index (χ4v) is 4.74. The molecule has 0 saturated carbocycles. The van der Waals surface area contributed by atoms with Gasteiger partial charge in [0.05, 0.1) is 5.39 Å². The highest BCUT2D eigenvalue weighted by molar-refractivity contribution is 5.83. The Hall–Kier alpha value is -4.59. The summed E-state index contributed by atoms with van der Waals surface area (Å²) in [7, 11) is 0. The Morgan fingerprint density at radius 3 is 2.57 bits per heavy atom. The van der Waals surface area contributed by atoms with Crippen LogP contribution in [0.3, 0.4) is 0 Å². The Labute approximate surface area is 213 Å². The molecule has 5 aromatic rings. The fourth-order valence-electron chi connectivity index (χ4n) is 4.74. The highest BCUT2D eigenvalue weighted by atomic mass is 16.5. The van der Waals surface area contributed by atoms with Gasteiger partial charge in [-0.15, -0.1) is 0 Å². The first kappa shape index (κ1) is 22.8. The van der Waals surface area contributed by atoms with Crippen LogP contribution in [0.2, 0.25) is 0 Å². The van der Waals surface area contributed by atoms with Crippen LogP contribution in [0.5, 0.6) is 0 Å². The van der Waals surface area contributed by atoms with Crippen molar-refractivity contribution in [3.05, 3.63) is 99.5 Å². The van der Waals surface area contributed by atoms with Gasteiger partial charge < -0.3 is 14.0 Å². The predicted octanol–water partition coefficient (Wildman–Crippen LogP) is 4.32. The van der Waals surface area contributed by atoms with Gasteiger partial charge in [0.25, 0.3) is 5.89 Å². The van der Waals surface area contributed by atoms with Crippen LogP contribution in [0.1, 0.15) is 22.4 Å². The summed E-state index contributed by atoms with van der Waals surface area (Å²) in [6, 6.07) is 19.5. The van der Waals surface area contributed by atoms with Crippen molar-refractivity contribution in [3.63, 3.8) is 0 Å². The zero-order valence-corrected chi connectivity index (χ0v) is 20.6. The van der Waals surface area contributed by atoms with Crippen molar-refractivity contribution in [2.24, 2.45) is 0 Å². The lowest BCUT2D eigenvalue weighted by molar-refractivity contribution is -0.132. The van der Waals surface area contributed by atoms with E-state index >= 15 is 0 Å². The third-order valence-electron chi connectivity index (χ3n) is 6.82. The number of carbonyl (C=O) groups excluding carboxylic acids is 1. The summed E-state index contributed by atoms with van der Waals surface area (Å²) in [6.07, 6.45) is 2.43. The molecule has 6 rings (SSSR count). The second kappa shape index (κ2) is 9.13. The second-order valence-electron chi connectivity index (χ2n) is 9.45. The molecule has 0 spiro atoms. The summed E-state index contributed by atoms with van der Waals surface area (Å²) in [6.45, 7) is 5.12. The van der Waals surface area contributed by atoms with Gasteiger partial charge in [-0.3, -0.25) is 9.59 Å². The molecule has 8 heteroatoms. The number of rotatable bonds is 4. The SMILES string of the molecule is Cc1ccc(-c2noc(-c3cn(CC(=O)N4CCc5ccccc5C4)c4nc(C)ccc4c3=O)n2)cc1. The van der Waals surface area contributed by atoms with Crippen molar-refractivity contribution < 1.29 is 9.32 Å². The van der Waals surface area contributed by atoms with Gasteiger partial charge >= 0.3 is 0 Å². The van der Waals surface area contributed by atoms with Crippen LogP contribution >= 0.6 is 0 Å².